The first-order valence-electron chi connectivity index (χ1n) is 19.8. The number of para-hydroxylation sites is 1. The first-order chi connectivity index (χ1) is 24.7. The summed E-state index contributed by atoms with van der Waals surface area (Å²) in [4.78, 5) is 8.54. The van der Waals surface area contributed by atoms with Crippen molar-refractivity contribution in [3.05, 3.63) is 121 Å². The van der Waals surface area contributed by atoms with Crippen LogP contribution in [-0.4, -0.2) is 52.0 Å². The van der Waals surface area contributed by atoms with Crippen LogP contribution in [0.3, 0.4) is 0 Å². The van der Waals surface area contributed by atoms with Crippen LogP contribution < -0.4 is 10.6 Å². The van der Waals surface area contributed by atoms with Gasteiger partial charge in [-0.15, -0.1) is 0 Å². The lowest BCUT2D eigenvalue weighted by molar-refractivity contribution is -0.120. The molecule has 52 heavy (non-hydrogen) atoms. The lowest BCUT2D eigenvalue weighted by atomic mass is 9.68. The Balaban J connectivity index is 0.000000841. The van der Waals surface area contributed by atoms with E-state index in [1.165, 1.54) is 22.1 Å². The monoisotopic (exact) mass is 706 g/mol. The van der Waals surface area contributed by atoms with Gasteiger partial charge >= 0.3 is 0 Å². The number of allylic oxidation sites excluding steroid dienone is 2. The third-order valence-corrected chi connectivity index (χ3v) is 9.81. The lowest BCUT2D eigenvalue weighted by Crippen LogP contribution is -2.78. The number of piperidine rings is 1. The average molecular weight is 706 g/mol. The van der Waals surface area contributed by atoms with E-state index < -0.39 is 0 Å². The fraction of sp³-hybridized carbons (Fsp3) is 0.489. The van der Waals surface area contributed by atoms with Gasteiger partial charge in [0, 0.05) is 41.6 Å². The van der Waals surface area contributed by atoms with Crippen LogP contribution in [0.4, 0.5) is 0 Å². The third kappa shape index (κ3) is 10.3. The van der Waals surface area contributed by atoms with Crippen LogP contribution in [-0.2, 0) is 6.42 Å². The van der Waals surface area contributed by atoms with Gasteiger partial charge in [-0.2, -0.15) is 0 Å². The second-order valence-corrected chi connectivity index (χ2v) is 16.3. The molecule has 4 atom stereocenters. The van der Waals surface area contributed by atoms with Crippen molar-refractivity contribution in [2.45, 2.75) is 114 Å². The largest absolute Gasteiger partial charge is 0.379 e. The van der Waals surface area contributed by atoms with Gasteiger partial charge in [0.1, 0.15) is 0 Å². The zero-order valence-electron chi connectivity index (χ0n) is 34.8. The van der Waals surface area contributed by atoms with Crippen molar-refractivity contribution in [2.24, 2.45) is 17.3 Å². The van der Waals surface area contributed by atoms with Crippen LogP contribution in [0.5, 0.6) is 0 Å². The summed E-state index contributed by atoms with van der Waals surface area (Å²) in [7, 11) is 0. The Morgan fingerprint density at radius 2 is 1.62 bits per heavy atom. The molecule has 0 aliphatic carbocycles. The summed E-state index contributed by atoms with van der Waals surface area (Å²) in [6.45, 7) is 42.2. The highest BCUT2D eigenvalue weighted by Gasteiger charge is 2.58. The molecule has 5 heteroatoms. The van der Waals surface area contributed by atoms with E-state index in [2.05, 4.69) is 167 Å². The van der Waals surface area contributed by atoms with Crippen molar-refractivity contribution in [1.29, 1.82) is 0 Å². The van der Waals surface area contributed by atoms with Gasteiger partial charge in [-0.3, -0.25) is 0 Å². The molecule has 3 aliphatic heterocycles. The topological polar surface area (TPSA) is 46.3 Å². The zero-order valence-corrected chi connectivity index (χ0v) is 34.8. The fourth-order valence-corrected chi connectivity index (χ4v) is 7.56. The molecule has 2 aromatic carbocycles. The minimum absolute atomic E-state index is 0.0221. The predicted molar refractivity (Wildman–Crippen MR) is 230 cm³/mol. The number of dihydropyridines is 1. The van der Waals surface area contributed by atoms with Crippen LogP contribution in [0.1, 0.15) is 106 Å². The van der Waals surface area contributed by atoms with Gasteiger partial charge in [0.05, 0.1) is 35.6 Å². The standard InChI is InChI=1S/C39H49N5.C4H10.2C2H6/c1-26-19-20-44(29(4)34-18-17-33(24-41-34)31-15-13-30(14-16-31)22-38(5,6)7)39(8)25-43(37(26)39)27(2)23-40-28(3)36-21-32-11-9-10-12-35(32)42-36;1-4(2)3;2*1-2/h9-18,21,24,26,34,37,40-42H,2-4,19-20,22-23,25H2,1,5-8H3;4H,1-3H3;2*1-2H3/t26?,34?,37?,39-;;;/m1.../s1. The summed E-state index contributed by atoms with van der Waals surface area (Å²) in [5, 5.41) is 8.37. The van der Waals surface area contributed by atoms with Crippen molar-refractivity contribution < 1.29 is 0 Å². The van der Waals surface area contributed by atoms with Gasteiger partial charge in [-0.1, -0.05) is 151 Å². The SMILES string of the molecule is C=C(NCC(=C)N1C[C@]2(C)C1C(C)CCN2C(=C)C1C=CC(c2ccc(CC(C)(C)C)cc2)=CN1)c1cc2ccccc2[nH]1.CC.CC.CC(C)C. The Kier molecular flexibility index (Phi) is 15.1. The Hall–Kier alpha value is -4.12. The number of nitrogens with zero attached hydrogens (tertiary/aromatic N) is 2. The van der Waals surface area contributed by atoms with Crippen LogP contribution >= 0.6 is 0 Å². The van der Waals surface area contributed by atoms with Crippen molar-refractivity contribution in [3.63, 3.8) is 0 Å². The number of hydrogen-bond acceptors (Lipinski definition) is 4. The molecular weight excluding hydrogens is 635 g/mol. The molecule has 0 bridgehead atoms. The van der Waals surface area contributed by atoms with E-state index in [4.69, 9.17) is 0 Å². The van der Waals surface area contributed by atoms with Crippen molar-refractivity contribution in [3.8, 4) is 0 Å². The number of benzene rings is 2. The highest BCUT2D eigenvalue weighted by Crippen LogP contribution is 2.47. The van der Waals surface area contributed by atoms with Crippen LogP contribution in [0.25, 0.3) is 22.2 Å². The van der Waals surface area contributed by atoms with Crippen LogP contribution in [0.2, 0.25) is 0 Å². The second-order valence-electron chi connectivity index (χ2n) is 16.3. The first kappa shape index (κ1) is 42.3. The molecule has 0 amide bonds. The molecule has 2 fully saturated rings. The maximum atomic E-state index is 4.63. The maximum Gasteiger partial charge on any atom is 0.0839 e. The number of aromatic nitrogens is 1. The highest BCUT2D eigenvalue weighted by molar-refractivity contribution is 5.84. The Morgan fingerprint density at radius 1 is 0.981 bits per heavy atom. The molecule has 2 saturated heterocycles. The van der Waals surface area contributed by atoms with E-state index in [1.54, 1.807) is 0 Å². The zero-order chi connectivity index (χ0) is 38.8. The minimum atomic E-state index is 0.0221. The van der Waals surface area contributed by atoms with Gasteiger partial charge < -0.3 is 25.4 Å². The molecule has 3 N–H and O–H groups in total. The molecule has 4 heterocycles. The molecule has 1 aromatic heterocycles. The van der Waals surface area contributed by atoms with Gasteiger partial charge in [0.25, 0.3) is 0 Å². The molecule has 6 rings (SSSR count). The van der Waals surface area contributed by atoms with Crippen LogP contribution in [0.15, 0.2) is 104 Å². The quantitative estimate of drug-likeness (QED) is 0.207. The Labute approximate surface area is 318 Å². The summed E-state index contributed by atoms with van der Waals surface area (Å²) in [5.41, 5.74) is 9.43. The summed E-state index contributed by atoms with van der Waals surface area (Å²) in [5.74, 6) is 1.41. The number of H-pyrrole nitrogens is 1. The number of hydrogen-bond donors (Lipinski definition) is 3. The van der Waals surface area contributed by atoms with E-state index in [-0.39, 0.29) is 17.0 Å². The first-order valence-corrected chi connectivity index (χ1v) is 19.8. The molecular formula is C47H71N5. The molecule has 3 unspecified atom stereocenters. The van der Waals surface area contributed by atoms with E-state index >= 15 is 0 Å². The number of nitrogens with one attached hydrogen (secondary N) is 3. The van der Waals surface area contributed by atoms with Crippen molar-refractivity contribution in [1.82, 2.24) is 25.4 Å². The molecule has 0 spiro atoms. The molecule has 3 aromatic rings. The van der Waals surface area contributed by atoms with Crippen molar-refractivity contribution in [2.75, 3.05) is 19.6 Å². The van der Waals surface area contributed by atoms with Gasteiger partial charge in [-0.25, -0.2) is 0 Å². The Bertz CT molecular complexity index is 1640. The van der Waals surface area contributed by atoms with E-state index in [9.17, 15) is 0 Å². The number of fused-ring (bicyclic) bond motifs is 2. The van der Waals surface area contributed by atoms with Gasteiger partial charge in [-0.05, 0) is 65.8 Å². The molecule has 0 radical (unpaired) electrons. The average Bonchev–Trinajstić information content (AvgIpc) is 3.55. The minimum Gasteiger partial charge on any atom is -0.379 e. The Morgan fingerprint density at radius 3 is 2.19 bits per heavy atom. The maximum absolute atomic E-state index is 4.63. The van der Waals surface area contributed by atoms with Crippen molar-refractivity contribution >= 4 is 22.2 Å². The van der Waals surface area contributed by atoms with E-state index in [0.29, 0.717) is 18.5 Å². The normalized spacial score (nSPS) is 21.8. The number of aromatic amines is 1. The summed E-state index contributed by atoms with van der Waals surface area (Å²) >= 11 is 0. The second kappa shape index (κ2) is 18.6. The van der Waals surface area contributed by atoms with E-state index in [0.717, 1.165) is 60.2 Å². The summed E-state index contributed by atoms with van der Waals surface area (Å²) in [6.07, 6.45) is 8.89. The molecule has 0 saturated carbocycles. The summed E-state index contributed by atoms with van der Waals surface area (Å²) in [6, 6.07) is 20.0. The molecule has 5 nitrogen and oxygen atoms in total. The van der Waals surface area contributed by atoms with Gasteiger partial charge in [0.2, 0.25) is 0 Å². The van der Waals surface area contributed by atoms with E-state index in [1.807, 2.05) is 33.8 Å². The predicted octanol–water partition coefficient (Wildman–Crippen LogP) is 11.4. The smallest absolute Gasteiger partial charge is 0.0839 e. The fourth-order valence-electron chi connectivity index (χ4n) is 7.56. The molecule has 3 aliphatic rings. The molecule has 284 valence electrons. The lowest BCUT2D eigenvalue weighted by Gasteiger charge is -2.67. The number of likely N-dealkylation sites (tertiary alicyclic amines) is 2. The third-order valence-electron chi connectivity index (χ3n) is 9.81. The van der Waals surface area contributed by atoms with Crippen LogP contribution in [0, 0.1) is 17.3 Å². The summed E-state index contributed by atoms with van der Waals surface area (Å²) < 4.78 is 0. The van der Waals surface area contributed by atoms with Gasteiger partial charge in [0.15, 0.2) is 0 Å². The number of rotatable bonds is 9. The highest BCUT2D eigenvalue weighted by atomic mass is 15.4.